The first kappa shape index (κ1) is 25.1. The van der Waals surface area contributed by atoms with Crippen LogP contribution in [0.4, 0.5) is 0 Å². The molecule has 0 aliphatic rings. The SMILES string of the molecule is O=C(O)c1ccc([Si](c2ccccc2)(c2ccccc2)c2ccc(C(=O)O)c(C(=O)O)c2)cc1C(=O)O. The summed E-state index contributed by atoms with van der Waals surface area (Å²) in [5.74, 6) is -5.63. The standard InChI is InChI=1S/C28H20O8Si/c29-25(30)21-13-11-19(15-23(21)27(33)34)37(17-7-3-1-4-8-17,18-9-5-2-6-10-18)20-12-14-22(26(31)32)24(16-20)28(35)36/h1-16H,(H,29,30)(H,31,32)(H,33,34)(H,35,36). The molecule has 0 spiro atoms. The van der Waals surface area contributed by atoms with Crippen molar-refractivity contribution in [3.8, 4) is 0 Å². The Morgan fingerprint density at radius 3 is 1.03 bits per heavy atom. The van der Waals surface area contributed by atoms with Crippen LogP contribution in [-0.2, 0) is 0 Å². The molecule has 0 unspecified atom stereocenters. The minimum atomic E-state index is -3.48. The summed E-state index contributed by atoms with van der Waals surface area (Å²) in [6.45, 7) is 0. The third-order valence-electron chi connectivity index (χ3n) is 6.24. The number of carbonyl (C=O) groups is 4. The molecule has 0 aliphatic heterocycles. The molecule has 37 heavy (non-hydrogen) atoms. The summed E-state index contributed by atoms with van der Waals surface area (Å²) >= 11 is 0. The molecule has 0 atom stereocenters. The second kappa shape index (κ2) is 9.92. The van der Waals surface area contributed by atoms with Crippen molar-refractivity contribution < 1.29 is 39.6 Å². The highest BCUT2D eigenvalue weighted by atomic mass is 28.3. The Kier molecular flexibility index (Phi) is 6.72. The van der Waals surface area contributed by atoms with Gasteiger partial charge < -0.3 is 20.4 Å². The highest BCUT2D eigenvalue weighted by Gasteiger charge is 2.43. The summed E-state index contributed by atoms with van der Waals surface area (Å²) in [6.07, 6.45) is 0. The van der Waals surface area contributed by atoms with Crippen molar-refractivity contribution >= 4 is 52.7 Å². The largest absolute Gasteiger partial charge is 0.478 e. The molecule has 8 nitrogen and oxygen atoms in total. The molecule has 0 aromatic heterocycles. The molecule has 0 bridgehead atoms. The van der Waals surface area contributed by atoms with Crippen molar-refractivity contribution in [2.24, 2.45) is 0 Å². The van der Waals surface area contributed by atoms with Gasteiger partial charge in [0.15, 0.2) is 8.07 Å². The van der Waals surface area contributed by atoms with E-state index in [2.05, 4.69) is 0 Å². The molecular formula is C28H20O8Si. The normalized spacial score (nSPS) is 11.0. The van der Waals surface area contributed by atoms with E-state index in [-0.39, 0.29) is 11.1 Å². The van der Waals surface area contributed by atoms with Crippen LogP contribution in [-0.4, -0.2) is 52.4 Å². The zero-order valence-electron chi connectivity index (χ0n) is 19.2. The third kappa shape index (κ3) is 4.39. The lowest BCUT2D eigenvalue weighted by Crippen LogP contribution is -2.75. The zero-order chi connectivity index (χ0) is 26.7. The summed E-state index contributed by atoms with van der Waals surface area (Å²) in [5.41, 5.74) is -1.58. The van der Waals surface area contributed by atoms with Gasteiger partial charge in [-0.25, -0.2) is 19.2 Å². The topological polar surface area (TPSA) is 149 Å². The van der Waals surface area contributed by atoms with Crippen LogP contribution >= 0.6 is 0 Å². The monoisotopic (exact) mass is 512 g/mol. The maximum absolute atomic E-state index is 12.1. The predicted octanol–water partition coefficient (Wildman–Crippen LogP) is 1.86. The van der Waals surface area contributed by atoms with Gasteiger partial charge in [-0.3, -0.25) is 0 Å². The highest BCUT2D eigenvalue weighted by Crippen LogP contribution is 2.16. The minimum Gasteiger partial charge on any atom is -0.478 e. The zero-order valence-corrected chi connectivity index (χ0v) is 20.2. The van der Waals surface area contributed by atoms with Crippen LogP contribution in [0.5, 0.6) is 0 Å². The molecule has 0 fully saturated rings. The predicted molar refractivity (Wildman–Crippen MR) is 138 cm³/mol. The van der Waals surface area contributed by atoms with E-state index in [1.165, 1.54) is 24.3 Å². The number of carboxylic acid groups (broad SMARTS) is 4. The summed E-state index contributed by atoms with van der Waals surface area (Å²) in [7, 11) is -3.48. The van der Waals surface area contributed by atoms with Crippen LogP contribution in [0, 0.1) is 0 Å². The first-order valence-electron chi connectivity index (χ1n) is 11.0. The van der Waals surface area contributed by atoms with E-state index in [9.17, 15) is 39.6 Å². The average Bonchev–Trinajstić information content (AvgIpc) is 2.90. The van der Waals surface area contributed by atoms with Crippen LogP contribution in [0.3, 0.4) is 0 Å². The maximum atomic E-state index is 12.1. The van der Waals surface area contributed by atoms with Gasteiger partial charge in [0.05, 0.1) is 22.3 Å². The number of hydrogen-bond acceptors (Lipinski definition) is 4. The fraction of sp³-hybridized carbons (Fsp3) is 0. The molecule has 4 rings (SSSR count). The Bertz CT molecular complexity index is 1410. The molecule has 184 valence electrons. The van der Waals surface area contributed by atoms with E-state index >= 15 is 0 Å². The van der Waals surface area contributed by atoms with Crippen molar-refractivity contribution in [3.05, 3.63) is 119 Å². The van der Waals surface area contributed by atoms with Crippen molar-refractivity contribution in [1.29, 1.82) is 0 Å². The quantitative estimate of drug-likeness (QED) is 0.206. The fourth-order valence-corrected chi connectivity index (χ4v) is 9.43. The lowest BCUT2D eigenvalue weighted by Gasteiger charge is -2.35. The van der Waals surface area contributed by atoms with Crippen molar-refractivity contribution in [1.82, 2.24) is 0 Å². The molecule has 9 heteroatoms. The molecule has 4 N–H and O–H groups in total. The maximum Gasteiger partial charge on any atom is 0.336 e. The minimum absolute atomic E-state index is 0.382. The Balaban J connectivity index is 2.21. The van der Waals surface area contributed by atoms with Gasteiger partial charge in [0.1, 0.15) is 0 Å². The third-order valence-corrected chi connectivity index (χ3v) is 11.0. The Hall–Kier alpha value is -5.02. The van der Waals surface area contributed by atoms with Gasteiger partial charge in [0.25, 0.3) is 0 Å². The van der Waals surface area contributed by atoms with Gasteiger partial charge >= 0.3 is 23.9 Å². The summed E-state index contributed by atoms with van der Waals surface area (Å²) < 4.78 is 0. The van der Waals surface area contributed by atoms with Crippen LogP contribution < -0.4 is 20.7 Å². The first-order chi connectivity index (χ1) is 17.7. The van der Waals surface area contributed by atoms with Crippen molar-refractivity contribution in [2.75, 3.05) is 0 Å². The number of carboxylic acids is 4. The average molecular weight is 513 g/mol. The molecule has 4 aromatic rings. The van der Waals surface area contributed by atoms with Crippen LogP contribution in [0.25, 0.3) is 0 Å². The van der Waals surface area contributed by atoms with E-state index in [1.54, 1.807) is 48.5 Å². The van der Waals surface area contributed by atoms with E-state index in [0.29, 0.717) is 10.4 Å². The molecule has 4 aromatic carbocycles. The Morgan fingerprint density at radius 2 is 0.730 bits per heavy atom. The van der Waals surface area contributed by atoms with E-state index in [4.69, 9.17) is 0 Å². The molecule has 0 amide bonds. The smallest absolute Gasteiger partial charge is 0.336 e. The number of rotatable bonds is 8. The first-order valence-corrected chi connectivity index (χ1v) is 13.0. The summed E-state index contributed by atoms with van der Waals surface area (Å²) in [4.78, 5) is 47.7. The van der Waals surface area contributed by atoms with Gasteiger partial charge in [0.2, 0.25) is 0 Å². The summed E-state index contributed by atoms with van der Waals surface area (Å²) in [5, 5.41) is 41.3. The molecule has 0 aliphatic carbocycles. The molecule has 0 radical (unpaired) electrons. The number of hydrogen-bond donors (Lipinski definition) is 4. The number of aromatic carboxylic acids is 4. The second-order valence-corrected chi connectivity index (χ2v) is 12.0. The molecule has 0 saturated heterocycles. The van der Waals surface area contributed by atoms with Gasteiger partial charge in [-0.2, -0.15) is 0 Å². The summed E-state index contributed by atoms with van der Waals surface area (Å²) in [6, 6.07) is 26.4. The van der Waals surface area contributed by atoms with Crippen molar-refractivity contribution in [2.45, 2.75) is 0 Å². The van der Waals surface area contributed by atoms with Crippen LogP contribution in [0.15, 0.2) is 97.1 Å². The van der Waals surface area contributed by atoms with Gasteiger partial charge in [-0.1, -0.05) is 72.8 Å². The molecule has 0 saturated carbocycles. The molecule has 0 heterocycles. The van der Waals surface area contributed by atoms with Crippen LogP contribution in [0.2, 0.25) is 0 Å². The highest BCUT2D eigenvalue weighted by molar-refractivity contribution is 7.20. The van der Waals surface area contributed by atoms with E-state index < -0.39 is 43.1 Å². The molecular weight excluding hydrogens is 492 g/mol. The van der Waals surface area contributed by atoms with E-state index in [0.717, 1.165) is 10.4 Å². The number of benzene rings is 4. The van der Waals surface area contributed by atoms with Gasteiger partial charge in [-0.15, -0.1) is 0 Å². The lowest BCUT2D eigenvalue weighted by atomic mass is 10.1. The lowest BCUT2D eigenvalue weighted by molar-refractivity contribution is 0.0651. The Labute approximate surface area is 211 Å². The van der Waals surface area contributed by atoms with Gasteiger partial charge in [-0.05, 0) is 45.0 Å². The van der Waals surface area contributed by atoms with E-state index in [1.807, 2.05) is 24.3 Å². The fourth-order valence-electron chi connectivity index (χ4n) is 4.66. The van der Waals surface area contributed by atoms with Crippen LogP contribution in [0.1, 0.15) is 41.4 Å². The Morgan fingerprint density at radius 1 is 0.405 bits per heavy atom. The van der Waals surface area contributed by atoms with Crippen molar-refractivity contribution in [3.63, 3.8) is 0 Å². The van der Waals surface area contributed by atoms with Gasteiger partial charge in [0, 0.05) is 0 Å². The second-order valence-electron chi connectivity index (χ2n) is 8.22.